The van der Waals surface area contributed by atoms with Gasteiger partial charge in [0, 0.05) is 12.6 Å². The van der Waals surface area contributed by atoms with E-state index in [0.717, 1.165) is 17.9 Å². The molecule has 0 aliphatic carbocycles. The van der Waals surface area contributed by atoms with Crippen molar-refractivity contribution in [3.63, 3.8) is 0 Å². The van der Waals surface area contributed by atoms with Gasteiger partial charge in [-0.25, -0.2) is 0 Å². The lowest BCUT2D eigenvalue weighted by atomic mass is 10.2. The molecule has 0 fully saturated rings. The van der Waals surface area contributed by atoms with Crippen LogP contribution in [-0.4, -0.2) is 26.1 Å². The minimum absolute atomic E-state index is 0.800. The van der Waals surface area contributed by atoms with Crippen LogP contribution in [0, 0.1) is 6.07 Å². The zero-order valence-corrected chi connectivity index (χ0v) is 7.79. The van der Waals surface area contributed by atoms with Crippen molar-refractivity contribution in [1.29, 1.82) is 0 Å². The highest BCUT2D eigenvalue weighted by molar-refractivity contribution is 5.26. The quantitative estimate of drug-likeness (QED) is 0.672. The van der Waals surface area contributed by atoms with Gasteiger partial charge in [0.15, 0.2) is 0 Å². The van der Waals surface area contributed by atoms with Crippen molar-refractivity contribution in [2.45, 2.75) is 6.54 Å². The normalized spacial score (nSPS) is 10.3. The molecule has 0 unspecified atom stereocenters. The molecule has 12 heavy (non-hydrogen) atoms. The topological polar surface area (TPSA) is 12.5 Å². The van der Waals surface area contributed by atoms with E-state index < -0.39 is 0 Å². The molecular weight excluding hydrogens is 150 g/mol. The Morgan fingerprint density at radius 1 is 1.42 bits per heavy atom. The van der Waals surface area contributed by atoms with E-state index in [1.165, 1.54) is 0 Å². The van der Waals surface area contributed by atoms with Crippen molar-refractivity contribution in [1.82, 2.24) is 4.90 Å². The van der Waals surface area contributed by atoms with Crippen LogP contribution in [0.3, 0.4) is 0 Å². The molecule has 0 saturated heterocycles. The van der Waals surface area contributed by atoms with Crippen LogP contribution in [0.5, 0.6) is 5.75 Å². The standard InChI is InChI=1S/C10H14NO/c1-11(2)8-9-5-4-6-10(7-9)12-3/h4-6H,8H2,1-3H3. The van der Waals surface area contributed by atoms with Gasteiger partial charge in [0.05, 0.1) is 7.11 Å². The summed E-state index contributed by atoms with van der Waals surface area (Å²) < 4.78 is 5.06. The summed E-state index contributed by atoms with van der Waals surface area (Å²) in [4.78, 5) is 2.10. The highest BCUT2D eigenvalue weighted by Gasteiger charge is 1.96. The third-order valence-electron chi connectivity index (χ3n) is 1.54. The maximum Gasteiger partial charge on any atom is 0.127 e. The Morgan fingerprint density at radius 2 is 2.17 bits per heavy atom. The summed E-state index contributed by atoms with van der Waals surface area (Å²) in [6.45, 7) is 0.900. The molecule has 0 spiro atoms. The van der Waals surface area contributed by atoms with Gasteiger partial charge in [0.2, 0.25) is 0 Å². The van der Waals surface area contributed by atoms with Gasteiger partial charge in [-0.1, -0.05) is 12.1 Å². The molecular formula is C10H14NO. The molecule has 0 aliphatic rings. The van der Waals surface area contributed by atoms with Crippen LogP contribution in [-0.2, 0) is 6.54 Å². The van der Waals surface area contributed by atoms with Crippen molar-refractivity contribution < 1.29 is 4.74 Å². The van der Waals surface area contributed by atoms with Gasteiger partial charge in [-0.15, -0.1) is 0 Å². The molecule has 2 heteroatoms. The maximum absolute atomic E-state index is 5.06. The van der Waals surface area contributed by atoms with E-state index >= 15 is 0 Å². The second-order valence-corrected chi connectivity index (χ2v) is 2.98. The number of rotatable bonds is 3. The lowest BCUT2D eigenvalue weighted by Gasteiger charge is -2.09. The van der Waals surface area contributed by atoms with Gasteiger partial charge >= 0.3 is 0 Å². The summed E-state index contributed by atoms with van der Waals surface area (Å²) >= 11 is 0. The van der Waals surface area contributed by atoms with Gasteiger partial charge in [0.25, 0.3) is 0 Å². The average Bonchev–Trinajstić information content (AvgIpc) is 2.03. The molecule has 0 atom stereocenters. The molecule has 1 aromatic rings. The van der Waals surface area contributed by atoms with Crippen LogP contribution < -0.4 is 4.74 Å². The van der Waals surface area contributed by atoms with Gasteiger partial charge in [-0.05, 0) is 25.7 Å². The van der Waals surface area contributed by atoms with Crippen LogP contribution in [0.2, 0.25) is 0 Å². The number of hydrogen-bond acceptors (Lipinski definition) is 2. The summed E-state index contributed by atoms with van der Waals surface area (Å²) in [5, 5.41) is 0. The summed E-state index contributed by atoms with van der Waals surface area (Å²) in [7, 11) is 5.73. The lowest BCUT2D eigenvalue weighted by molar-refractivity contribution is 0.394. The molecule has 65 valence electrons. The van der Waals surface area contributed by atoms with E-state index in [2.05, 4.69) is 11.0 Å². The number of benzene rings is 1. The molecule has 0 saturated carbocycles. The van der Waals surface area contributed by atoms with Crippen molar-refractivity contribution in [2.24, 2.45) is 0 Å². The molecule has 0 bridgehead atoms. The third-order valence-corrected chi connectivity index (χ3v) is 1.54. The van der Waals surface area contributed by atoms with Gasteiger partial charge in [0.1, 0.15) is 5.75 Å². The van der Waals surface area contributed by atoms with E-state index in [0.29, 0.717) is 0 Å². The first-order chi connectivity index (χ1) is 5.72. The molecule has 0 amide bonds. The fourth-order valence-electron chi connectivity index (χ4n) is 1.05. The fraction of sp³-hybridized carbons (Fsp3) is 0.400. The first kappa shape index (κ1) is 9.07. The van der Waals surface area contributed by atoms with E-state index in [1.807, 2.05) is 32.3 Å². The average molecular weight is 164 g/mol. The summed E-state index contributed by atoms with van der Waals surface area (Å²) in [6, 6.07) is 9.09. The van der Waals surface area contributed by atoms with Crippen LogP contribution in [0.1, 0.15) is 5.56 Å². The van der Waals surface area contributed by atoms with E-state index in [1.54, 1.807) is 7.11 Å². The van der Waals surface area contributed by atoms with Crippen LogP contribution >= 0.6 is 0 Å². The van der Waals surface area contributed by atoms with Crippen molar-refractivity contribution >= 4 is 0 Å². The van der Waals surface area contributed by atoms with Crippen LogP contribution in [0.4, 0.5) is 0 Å². The van der Waals surface area contributed by atoms with Gasteiger partial charge in [-0.2, -0.15) is 0 Å². The number of methoxy groups -OCH3 is 1. The van der Waals surface area contributed by atoms with E-state index in [-0.39, 0.29) is 0 Å². The zero-order chi connectivity index (χ0) is 8.97. The van der Waals surface area contributed by atoms with E-state index in [4.69, 9.17) is 4.74 Å². The minimum Gasteiger partial charge on any atom is -0.496 e. The fourth-order valence-corrected chi connectivity index (χ4v) is 1.05. The molecule has 1 rings (SSSR count). The first-order valence-corrected chi connectivity index (χ1v) is 3.92. The largest absolute Gasteiger partial charge is 0.496 e. The van der Waals surface area contributed by atoms with Crippen LogP contribution in [0.15, 0.2) is 18.2 Å². The Labute approximate surface area is 73.8 Å². The Morgan fingerprint density at radius 3 is 2.75 bits per heavy atom. The molecule has 2 nitrogen and oxygen atoms in total. The molecule has 1 radical (unpaired) electrons. The van der Waals surface area contributed by atoms with Crippen molar-refractivity contribution in [3.05, 3.63) is 29.8 Å². The number of ether oxygens (including phenoxy) is 1. The zero-order valence-electron chi connectivity index (χ0n) is 7.79. The third kappa shape index (κ3) is 2.55. The van der Waals surface area contributed by atoms with Gasteiger partial charge in [-0.3, -0.25) is 0 Å². The predicted molar refractivity (Wildman–Crippen MR) is 49.2 cm³/mol. The summed E-state index contributed by atoms with van der Waals surface area (Å²) in [5.41, 5.74) is 1.15. The lowest BCUT2D eigenvalue weighted by Crippen LogP contribution is -2.10. The highest BCUT2D eigenvalue weighted by atomic mass is 16.5. The molecule has 0 aromatic heterocycles. The van der Waals surface area contributed by atoms with Crippen molar-refractivity contribution in [2.75, 3.05) is 21.2 Å². The predicted octanol–water partition coefficient (Wildman–Crippen LogP) is 1.56. The smallest absolute Gasteiger partial charge is 0.127 e. The first-order valence-electron chi connectivity index (χ1n) is 3.92. The molecule has 1 aromatic carbocycles. The summed E-state index contributed by atoms with van der Waals surface area (Å²) in [6.07, 6.45) is 0. The molecule has 0 aliphatic heterocycles. The van der Waals surface area contributed by atoms with Gasteiger partial charge < -0.3 is 9.64 Å². The number of hydrogen-bond donors (Lipinski definition) is 0. The monoisotopic (exact) mass is 164 g/mol. The summed E-state index contributed by atoms with van der Waals surface area (Å²) in [5.74, 6) is 0.800. The Balaban J connectivity index is 2.72. The molecule has 0 N–H and O–H groups in total. The Kier molecular flexibility index (Phi) is 3.11. The Hall–Kier alpha value is -1.02. The van der Waals surface area contributed by atoms with Crippen LogP contribution in [0.25, 0.3) is 0 Å². The Bertz CT molecular complexity index is 245. The number of nitrogens with zero attached hydrogens (tertiary/aromatic N) is 1. The second-order valence-electron chi connectivity index (χ2n) is 2.98. The van der Waals surface area contributed by atoms with Crippen molar-refractivity contribution in [3.8, 4) is 5.75 Å². The second kappa shape index (κ2) is 4.12. The SMILES string of the molecule is COc1[c]c(CN(C)C)ccc1. The van der Waals surface area contributed by atoms with E-state index in [9.17, 15) is 0 Å². The molecule has 0 heterocycles. The minimum atomic E-state index is 0.800. The highest BCUT2D eigenvalue weighted by Crippen LogP contribution is 2.11. The maximum atomic E-state index is 5.06.